The third-order valence-electron chi connectivity index (χ3n) is 4.32. The number of carboxylic acids is 1. The monoisotopic (exact) mass is 298 g/mol. The number of benzene rings is 1. The van der Waals surface area contributed by atoms with Gasteiger partial charge in [-0.1, -0.05) is 37.1 Å². The molecule has 0 aliphatic heterocycles. The van der Waals surface area contributed by atoms with E-state index in [2.05, 4.69) is 10.3 Å². The van der Waals surface area contributed by atoms with Gasteiger partial charge in [0.15, 0.2) is 0 Å². The first-order chi connectivity index (χ1) is 10.6. The summed E-state index contributed by atoms with van der Waals surface area (Å²) in [6.45, 7) is 0. The summed E-state index contributed by atoms with van der Waals surface area (Å²) >= 11 is 0. The smallest absolute Gasteiger partial charge is 0.305 e. The summed E-state index contributed by atoms with van der Waals surface area (Å²) in [4.78, 5) is 28.0. The van der Waals surface area contributed by atoms with Crippen LogP contribution in [-0.2, 0) is 4.79 Å². The van der Waals surface area contributed by atoms with Crippen molar-refractivity contribution in [2.45, 2.75) is 37.6 Å². The normalized spacial score (nSPS) is 16.5. The third-order valence-corrected chi connectivity index (χ3v) is 4.32. The first-order valence-electron chi connectivity index (χ1n) is 7.48. The summed E-state index contributed by atoms with van der Waals surface area (Å²) in [5.41, 5.74) is -0.281. The molecule has 2 aromatic rings. The molecule has 114 valence electrons. The molecule has 0 atom stereocenters. The number of nitrogens with zero attached hydrogens (tertiary/aromatic N) is 1. The molecule has 5 heteroatoms. The number of amides is 1. The van der Waals surface area contributed by atoms with Gasteiger partial charge in [-0.25, -0.2) is 0 Å². The Bertz CT molecular complexity index is 715. The number of rotatable bonds is 4. The van der Waals surface area contributed by atoms with E-state index in [1.807, 2.05) is 30.3 Å². The van der Waals surface area contributed by atoms with Crippen LogP contribution in [-0.4, -0.2) is 27.5 Å². The highest BCUT2D eigenvalue weighted by atomic mass is 16.4. The van der Waals surface area contributed by atoms with Crippen molar-refractivity contribution < 1.29 is 14.7 Å². The van der Waals surface area contributed by atoms with Gasteiger partial charge >= 0.3 is 5.97 Å². The Morgan fingerprint density at radius 3 is 2.64 bits per heavy atom. The van der Waals surface area contributed by atoms with E-state index in [9.17, 15) is 9.59 Å². The van der Waals surface area contributed by atoms with Gasteiger partial charge in [0.05, 0.1) is 12.0 Å². The lowest BCUT2D eigenvalue weighted by atomic mass is 9.92. The van der Waals surface area contributed by atoms with Gasteiger partial charge in [-0.05, 0) is 24.3 Å². The second-order valence-electron chi connectivity index (χ2n) is 5.89. The summed E-state index contributed by atoms with van der Waals surface area (Å²) in [6, 6.07) is 9.41. The molecule has 1 aliphatic rings. The van der Waals surface area contributed by atoms with Crippen molar-refractivity contribution in [2.75, 3.05) is 0 Å². The highest BCUT2D eigenvalue weighted by Crippen LogP contribution is 2.33. The second-order valence-corrected chi connectivity index (χ2v) is 5.89. The van der Waals surface area contributed by atoms with E-state index >= 15 is 0 Å². The van der Waals surface area contributed by atoms with Crippen LogP contribution in [0.5, 0.6) is 0 Å². The maximum absolute atomic E-state index is 12.6. The quantitative estimate of drug-likeness (QED) is 0.909. The zero-order valence-corrected chi connectivity index (χ0v) is 12.2. The van der Waals surface area contributed by atoms with Gasteiger partial charge in [-0.15, -0.1) is 0 Å². The molecule has 3 rings (SSSR count). The minimum Gasteiger partial charge on any atom is -0.481 e. The molecule has 5 nitrogen and oxygen atoms in total. The molecule has 0 unspecified atom stereocenters. The summed E-state index contributed by atoms with van der Waals surface area (Å²) in [6.07, 6.45) is 4.86. The minimum absolute atomic E-state index is 0.0382. The Labute approximate surface area is 128 Å². The number of fused-ring (bicyclic) bond motifs is 1. The lowest BCUT2D eigenvalue weighted by molar-refractivity contribution is -0.138. The van der Waals surface area contributed by atoms with E-state index in [0.29, 0.717) is 18.5 Å². The van der Waals surface area contributed by atoms with Crippen molar-refractivity contribution in [1.29, 1.82) is 0 Å². The molecule has 0 saturated heterocycles. The predicted octanol–water partition coefficient (Wildman–Crippen LogP) is 2.75. The Morgan fingerprint density at radius 2 is 1.91 bits per heavy atom. The van der Waals surface area contributed by atoms with Crippen molar-refractivity contribution in [3.8, 4) is 0 Å². The molecule has 1 heterocycles. The van der Waals surface area contributed by atoms with Crippen molar-refractivity contribution in [1.82, 2.24) is 10.3 Å². The SMILES string of the molecule is O=C(O)CC1(NC(=O)c2nccc3ccccc23)CCCC1. The zero-order chi connectivity index (χ0) is 15.6. The minimum atomic E-state index is -0.881. The van der Waals surface area contributed by atoms with Crippen LogP contribution in [0.4, 0.5) is 0 Å². The molecule has 1 saturated carbocycles. The molecule has 0 radical (unpaired) electrons. The number of nitrogens with one attached hydrogen (secondary N) is 1. The molecule has 1 aliphatic carbocycles. The van der Waals surface area contributed by atoms with Crippen molar-refractivity contribution in [2.24, 2.45) is 0 Å². The van der Waals surface area contributed by atoms with Crippen molar-refractivity contribution in [3.63, 3.8) is 0 Å². The van der Waals surface area contributed by atoms with E-state index in [-0.39, 0.29) is 12.3 Å². The van der Waals surface area contributed by atoms with Crippen LogP contribution in [0.25, 0.3) is 10.8 Å². The predicted molar refractivity (Wildman–Crippen MR) is 82.7 cm³/mol. The molecule has 22 heavy (non-hydrogen) atoms. The summed E-state index contributed by atoms with van der Waals surface area (Å²) in [5.74, 6) is -1.17. The van der Waals surface area contributed by atoms with Gasteiger partial charge in [-0.3, -0.25) is 14.6 Å². The van der Waals surface area contributed by atoms with E-state index < -0.39 is 11.5 Å². The highest BCUT2D eigenvalue weighted by molar-refractivity contribution is 6.05. The standard InChI is InChI=1S/C17H18N2O3/c20-14(21)11-17(8-3-4-9-17)19-16(22)15-13-6-2-1-5-12(13)7-10-18-15/h1-2,5-7,10H,3-4,8-9,11H2,(H,19,22)(H,20,21). The van der Waals surface area contributed by atoms with Crippen molar-refractivity contribution in [3.05, 3.63) is 42.2 Å². The van der Waals surface area contributed by atoms with Gasteiger partial charge < -0.3 is 10.4 Å². The number of aliphatic carboxylic acids is 1. The van der Waals surface area contributed by atoms with E-state index in [1.165, 1.54) is 0 Å². The molecule has 0 bridgehead atoms. The first-order valence-corrected chi connectivity index (χ1v) is 7.48. The maximum atomic E-state index is 12.6. The topological polar surface area (TPSA) is 79.3 Å². The van der Waals surface area contributed by atoms with E-state index in [1.54, 1.807) is 6.20 Å². The number of carbonyl (C=O) groups is 2. The number of hydrogen-bond acceptors (Lipinski definition) is 3. The number of hydrogen-bond donors (Lipinski definition) is 2. The molecule has 1 amide bonds. The van der Waals surface area contributed by atoms with Crippen LogP contribution in [0, 0.1) is 0 Å². The van der Waals surface area contributed by atoms with E-state index in [4.69, 9.17) is 5.11 Å². The molecule has 2 N–H and O–H groups in total. The summed E-state index contributed by atoms with van der Waals surface area (Å²) in [7, 11) is 0. The molecular weight excluding hydrogens is 280 g/mol. The lowest BCUT2D eigenvalue weighted by Gasteiger charge is -2.28. The second kappa shape index (κ2) is 5.75. The van der Waals surface area contributed by atoms with Crippen molar-refractivity contribution >= 4 is 22.6 Å². The van der Waals surface area contributed by atoms with Crippen LogP contribution >= 0.6 is 0 Å². The summed E-state index contributed by atoms with van der Waals surface area (Å²) in [5, 5.41) is 13.8. The van der Waals surface area contributed by atoms with Gasteiger partial charge in [0.2, 0.25) is 0 Å². The Morgan fingerprint density at radius 1 is 1.18 bits per heavy atom. The Hall–Kier alpha value is -2.43. The average Bonchev–Trinajstić information content (AvgIpc) is 2.93. The number of aromatic nitrogens is 1. The van der Waals surface area contributed by atoms with Gasteiger partial charge in [0.25, 0.3) is 5.91 Å². The highest BCUT2D eigenvalue weighted by Gasteiger charge is 2.38. The van der Waals surface area contributed by atoms with Gasteiger partial charge in [0.1, 0.15) is 5.69 Å². The fourth-order valence-corrected chi connectivity index (χ4v) is 3.29. The number of carbonyl (C=O) groups excluding carboxylic acids is 1. The zero-order valence-electron chi connectivity index (χ0n) is 12.2. The van der Waals surface area contributed by atoms with Crippen LogP contribution in [0.1, 0.15) is 42.6 Å². The van der Waals surface area contributed by atoms with Crippen LogP contribution < -0.4 is 5.32 Å². The largest absolute Gasteiger partial charge is 0.481 e. The number of carboxylic acid groups (broad SMARTS) is 1. The average molecular weight is 298 g/mol. The molecule has 0 spiro atoms. The molecule has 1 aromatic carbocycles. The summed E-state index contributed by atoms with van der Waals surface area (Å²) < 4.78 is 0. The fourth-order valence-electron chi connectivity index (χ4n) is 3.29. The van der Waals surface area contributed by atoms with Crippen LogP contribution in [0.2, 0.25) is 0 Å². The van der Waals surface area contributed by atoms with Gasteiger partial charge in [-0.2, -0.15) is 0 Å². The molecule has 1 fully saturated rings. The molecule has 1 aromatic heterocycles. The van der Waals surface area contributed by atoms with Crippen LogP contribution in [0.3, 0.4) is 0 Å². The maximum Gasteiger partial charge on any atom is 0.305 e. The lowest BCUT2D eigenvalue weighted by Crippen LogP contribution is -2.48. The first kappa shape index (κ1) is 14.5. The third kappa shape index (κ3) is 2.79. The molecular formula is C17H18N2O3. The number of pyridine rings is 1. The van der Waals surface area contributed by atoms with E-state index in [0.717, 1.165) is 23.6 Å². The fraction of sp³-hybridized carbons (Fsp3) is 0.353. The van der Waals surface area contributed by atoms with Crippen LogP contribution in [0.15, 0.2) is 36.5 Å². The Balaban J connectivity index is 1.91. The van der Waals surface area contributed by atoms with Gasteiger partial charge in [0, 0.05) is 11.6 Å². The Kier molecular flexibility index (Phi) is 3.79.